The molecule has 0 aromatic heterocycles. The highest BCUT2D eigenvalue weighted by Crippen LogP contribution is 2.02. The number of aliphatic hydroxyl groups is 3. The van der Waals surface area contributed by atoms with Crippen molar-refractivity contribution >= 4 is 11.6 Å². The van der Waals surface area contributed by atoms with Crippen LogP contribution in [-0.2, 0) is 0 Å². The maximum atomic E-state index is 8.97. The van der Waals surface area contributed by atoms with Gasteiger partial charge in [-0.3, -0.25) is 0 Å². The van der Waals surface area contributed by atoms with Crippen LogP contribution >= 0.6 is 11.6 Å². The lowest BCUT2D eigenvalue weighted by molar-refractivity contribution is 0.0735. The molecule has 0 spiro atoms. The van der Waals surface area contributed by atoms with E-state index < -0.39 is 12.2 Å². The molecule has 4 heteroatoms. The molecule has 0 radical (unpaired) electrons. The van der Waals surface area contributed by atoms with E-state index in [1.807, 2.05) is 0 Å². The highest BCUT2D eigenvalue weighted by molar-refractivity contribution is 6.18. The summed E-state index contributed by atoms with van der Waals surface area (Å²) < 4.78 is 0. The summed E-state index contributed by atoms with van der Waals surface area (Å²) >= 11 is 5.27. The molecule has 0 rings (SSSR count). The summed E-state index contributed by atoms with van der Waals surface area (Å²) in [6.45, 7) is -0.0594. The number of aliphatic hydroxyl groups excluding tert-OH is 3. The van der Waals surface area contributed by atoms with Crippen LogP contribution in [0.3, 0.4) is 0 Å². The van der Waals surface area contributed by atoms with Crippen molar-refractivity contribution in [3.05, 3.63) is 0 Å². The molecule has 62 valence electrons. The summed E-state index contributed by atoms with van der Waals surface area (Å²) in [6.07, 6.45) is -0.764. The maximum Gasteiger partial charge on any atom is 0.0700 e. The Balaban J connectivity index is 3.27. The average molecular weight is 169 g/mol. The molecule has 0 heterocycles. The molecule has 0 bridgehead atoms. The molecule has 0 aliphatic heterocycles. The molecule has 0 saturated carbocycles. The van der Waals surface area contributed by atoms with E-state index in [2.05, 4.69) is 0 Å². The van der Waals surface area contributed by atoms with Gasteiger partial charge in [-0.05, 0) is 6.42 Å². The highest BCUT2D eigenvalue weighted by Gasteiger charge is 2.09. The molecule has 0 aliphatic rings. The highest BCUT2D eigenvalue weighted by atomic mass is 35.5. The summed E-state index contributed by atoms with van der Waals surface area (Å²) in [5, 5.41) is 26.2. The molecule has 0 aromatic carbocycles. The van der Waals surface area contributed by atoms with Crippen LogP contribution in [0.4, 0.5) is 0 Å². The first-order valence-corrected chi connectivity index (χ1v) is 3.77. The summed E-state index contributed by atoms with van der Waals surface area (Å²) in [5.41, 5.74) is 0. The monoisotopic (exact) mass is 168 g/mol. The van der Waals surface area contributed by atoms with Gasteiger partial charge in [0.25, 0.3) is 0 Å². The number of halogens is 1. The molecule has 3 nitrogen and oxygen atoms in total. The predicted octanol–water partition coefficient (Wildman–Crippen LogP) is -0.281. The second-order valence-electron chi connectivity index (χ2n) is 2.21. The molecule has 2 unspecified atom stereocenters. The zero-order chi connectivity index (χ0) is 7.98. The summed E-state index contributed by atoms with van der Waals surface area (Å²) in [6, 6.07) is 0. The molecule has 3 N–H and O–H groups in total. The van der Waals surface area contributed by atoms with Gasteiger partial charge in [0.05, 0.1) is 12.2 Å². The van der Waals surface area contributed by atoms with Gasteiger partial charge in [-0.15, -0.1) is 11.6 Å². The molecule has 0 aliphatic carbocycles. The van der Waals surface area contributed by atoms with Gasteiger partial charge >= 0.3 is 0 Å². The van der Waals surface area contributed by atoms with Crippen LogP contribution < -0.4 is 0 Å². The van der Waals surface area contributed by atoms with Crippen LogP contribution in [0.5, 0.6) is 0 Å². The fourth-order valence-corrected chi connectivity index (χ4v) is 0.770. The van der Waals surface area contributed by atoms with Crippen molar-refractivity contribution in [3.8, 4) is 0 Å². The van der Waals surface area contributed by atoms with E-state index in [0.717, 1.165) is 0 Å². The van der Waals surface area contributed by atoms with Gasteiger partial charge < -0.3 is 15.3 Å². The number of hydrogen-bond acceptors (Lipinski definition) is 3. The summed E-state index contributed by atoms with van der Waals surface area (Å²) in [7, 11) is 0. The van der Waals surface area contributed by atoms with E-state index >= 15 is 0 Å². The molecule has 0 amide bonds. The largest absolute Gasteiger partial charge is 0.396 e. The lowest BCUT2D eigenvalue weighted by Crippen LogP contribution is -2.19. The Morgan fingerprint density at radius 1 is 1.20 bits per heavy atom. The third-order valence-electron chi connectivity index (χ3n) is 1.18. The fourth-order valence-electron chi connectivity index (χ4n) is 0.644. The van der Waals surface area contributed by atoms with Crippen molar-refractivity contribution in [2.24, 2.45) is 0 Å². The lowest BCUT2D eigenvalue weighted by atomic mass is 10.1. The maximum absolute atomic E-state index is 8.97. The van der Waals surface area contributed by atoms with E-state index in [1.54, 1.807) is 0 Å². The van der Waals surface area contributed by atoms with Crippen molar-refractivity contribution in [3.63, 3.8) is 0 Å². The molecule has 0 saturated heterocycles. The van der Waals surface area contributed by atoms with Gasteiger partial charge in [-0.1, -0.05) is 0 Å². The molecule has 0 aromatic rings. The first kappa shape index (κ1) is 10.2. The van der Waals surface area contributed by atoms with Crippen molar-refractivity contribution < 1.29 is 15.3 Å². The average Bonchev–Trinajstić information content (AvgIpc) is 1.88. The normalized spacial score (nSPS) is 16.8. The standard InChI is InChI=1S/C6H13ClO3/c7-4-6(10)3-5(9)1-2-8/h5-6,8-10H,1-4H2. The second-order valence-corrected chi connectivity index (χ2v) is 2.52. The Kier molecular flexibility index (Phi) is 6.02. The smallest absolute Gasteiger partial charge is 0.0700 e. The Bertz CT molecular complexity index is 79.4. The van der Waals surface area contributed by atoms with Gasteiger partial charge in [0.15, 0.2) is 0 Å². The molecular formula is C6H13ClO3. The van der Waals surface area contributed by atoms with Crippen LogP contribution in [-0.4, -0.2) is 40.0 Å². The zero-order valence-corrected chi connectivity index (χ0v) is 6.46. The van der Waals surface area contributed by atoms with Crippen molar-refractivity contribution in [2.45, 2.75) is 25.0 Å². The molecule has 10 heavy (non-hydrogen) atoms. The SMILES string of the molecule is OCCC(O)CC(O)CCl. The number of hydrogen-bond donors (Lipinski definition) is 3. The first-order chi connectivity index (χ1) is 4.70. The lowest BCUT2D eigenvalue weighted by Gasteiger charge is -2.11. The van der Waals surface area contributed by atoms with Crippen molar-refractivity contribution in [1.29, 1.82) is 0 Å². The van der Waals surface area contributed by atoms with Gasteiger partial charge in [-0.25, -0.2) is 0 Å². The third kappa shape index (κ3) is 4.99. The van der Waals surface area contributed by atoms with Crippen LogP contribution in [0.15, 0.2) is 0 Å². The molecule has 2 atom stereocenters. The van der Waals surface area contributed by atoms with Gasteiger partial charge in [-0.2, -0.15) is 0 Å². The van der Waals surface area contributed by atoms with Crippen molar-refractivity contribution in [2.75, 3.05) is 12.5 Å². The molecular weight excluding hydrogens is 156 g/mol. The van der Waals surface area contributed by atoms with Gasteiger partial charge in [0.1, 0.15) is 0 Å². The Labute approximate surface area is 65.2 Å². The summed E-state index contributed by atoms with van der Waals surface area (Å²) in [5.74, 6) is 0.127. The zero-order valence-electron chi connectivity index (χ0n) is 5.70. The fraction of sp³-hybridized carbons (Fsp3) is 1.00. The quantitative estimate of drug-likeness (QED) is 0.495. The minimum atomic E-state index is -0.664. The summed E-state index contributed by atoms with van der Waals surface area (Å²) in [4.78, 5) is 0. The van der Waals surface area contributed by atoms with Crippen molar-refractivity contribution in [1.82, 2.24) is 0 Å². The van der Waals surface area contributed by atoms with E-state index in [0.29, 0.717) is 6.42 Å². The minimum absolute atomic E-state index is 0.0594. The Morgan fingerprint density at radius 2 is 1.80 bits per heavy atom. The van der Waals surface area contributed by atoms with Crippen LogP contribution in [0.1, 0.15) is 12.8 Å². The Morgan fingerprint density at radius 3 is 2.20 bits per heavy atom. The predicted molar refractivity (Wildman–Crippen MR) is 39.1 cm³/mol. The number of alkyl halides is 1. The second kappa shape index (κ2) is 5.92. The Hall–Kier alpha value is 0.170. The van der Waals surface area contributed by atoms with Crippen LogP contribution in [0.2, 0.25) is 0 Å². The van der Waals surface area contributed by atoms with E-state index in [1.165, 1.54) is 0 Å². The van der Waals surface area contributed by atoms with E-state index in [-0.39, 0.29) is 18.9 Å². The topological polar surface area (TPSA) is 60.7 Å². The van der Waals surface area contributed by atoms with E-state index in [4.69, 9.17) is 26.9 Å². The minimum Gasteiger partial charge on any atom is -0.396 e. The van der Waals surface area contributed by atoms with Gasteiger partial charge in [0, 0.05) is 18.9 Å². The van der Waals surface area contributed by atoms with E-state index in [9.17, 15) is 0 Å². The number of rotatable bonds is 5. The first-order valence-electron chi connectivity index (χ1n) is 3.23. The van der Waals surface area contributed by atoms with Gasteiger partial charge in [0.2, 0.25) is 0 Å². The van der Waals surface area contributed by atoms with Crippen LogP contribution in [0.25, 0.3) is 0 Å². The molecule has 0 fully saturated rings. The van der Waals surface area contributed by atoms with Crippen LogP contribution in [0, 0.1) is 0 Å². The third-order valence-corrected chi connectivity index (χ3v) is 1.54.